The molecule has 0 saturated carbocycles. The molecular weight excluding hydrogens is 266 g/mol. The molecule has 1 N–H and O–H groups in total. The summed E-state index contributed by atoms with van der Waals surface area (Å²) in [5.41, 5.74) is 0.687. The first-order valence-electron chi connectivity index (χ1n) is 4.90. The van der Waals surface area contributed by atoms with E-state index in [1.54, 1.807) is 12.3 Å². The summed E-state index contributed by atoms with van der Waals surface area (Å²) in [7, 11) is 0. The van der Waals surface area contributed by atoms with Crippen molar-refractivity contribution in [3.63, 3.8) is 0 Å². The maximum atomic E-state index is 12.9. The van der Waals surface area contributed by atoms with Crippen LogP contribution in [0.3, 0.4) is 0 Å². The largest absolute Gasteiger partial charge is 0.306 e. The minimum atomic E-state index is -0.833. The Morgan fingerprint density at radius 1 is 1.24 bits per heavy atom. The number of nitrogens with zero attached hydrogens (tertiary/aromatic N) is 1. The van der Waals surface area contributed by atoms with Gasteiger partial charge in [0.05, 0.1) is 6.20 Å². The van der Waals surface area contributed by atoms with Gasteiger partial charge in [-0.2, -0.15) is 0 Å². The van der Waals surface area contributed by atoms with Crippen LogP contribution in [-0.2, 0) is 13.1 Å². The summed E-state index contributed by atoms with van der Waals surface area (Å²) < 4.78 is 26.2. The molecule has 6 heteroatoms. The Morgan fingerprint density at radius 3 is 2.71 bits per heavy atom. The molecule has 90 valence electrons. The van der Waals surface area contributed by atoms with Crippen molar-refractivity contribution in [3.05, 3.63) is 50.9 Å². The molecule has 2 rings (SSSR count). The molecule has 0 amide bonds. The maximum Gasteiger partial charge on any atom is 0.159 e. The van der Waals surface area contributed by atoms with Crippen LogP contribution < -0.4 is 5.32 Å². The van der Waals surface area contributed by atoms with Gasteiger partial charge in [0.2, 0.25) is 0 Å². The quantitative estimate of drug-likeness (QED) is 0.925. The minimum Gasteiger partial charge on any atom is -0.306 e. The smallest absolute Gasteiger partial charge is 0.159 e. The predicted molar refractivity (Wildman–Crippen MR) is 64.0 cm³/mol. The SMILES string of the molecule is Fc1ccc(CNCc2ncc(Cl)s2)cc1F. The third-order valence-electron chi connectivity index (χ3n) is 2.11. The molecule has 0 fully saturated rings. The lowest BCUT2D eigenvalue weighted by molar-refractivity contribution is 0.506. The van der Waals surface area contributed by atoms with E-state index in [0.717, 1.165) is 11.1 Å². The Kier molecular flexibility index (Phi) is 4.04. The fourth-order valence-corrected chi connectivity index (χ4v) is 2.26. The van der Waals surface area contributed by atoms with Crippen molar-refractivity contribution in [3.8, 4) is 0 Å². The lowest BCUT2D eigenvalue weighted by Crippen LogP contribution is -2.12. The van der Waals surface area contributed by atoms with Gasteiger partial charge in [0.1, 0.15) is 9.34 Å². The van der Waals surface area contributed by atoms with E-state index in [1.807, 2.05) is 0 Å². The van der Waals surface area contributed by atoms with E-state index in [4.69, 9.17) is 11.6 Å². The van der Waals surface area contributed by atoms with Crippen LogP contribution in [0.15, 0.2) is 24.4 Å². The summed E-state index contributed by atoms with van der Waals surface area (Å²) in [5.74, 6) is -1.66. The Hall–Kier alpha value is -1.04. The molecular formula is C11H9ClF2N2S. The van der Waals surface area contributed by atoms with E-state index in [-0.39, 0.29) is 0 Å². The summed E-state index contributed by atoms with van der Waals surface area (Å²) >= 11 is 7.12. The summed E-state index contributed by atoms with van der Waals surface area (Å²) in [5, 5.41) is 3.94. The molecule has 2 nitrogen and oxygen atoms in total. The zero-order valence-electron chi connectivity index (χ0n) is 8.71. The van der Waals surface area contributed by atoms with Crippen molar-refractivity contribution in [1.82, 2.24) is 10.3 Å². The van der Waals surface area contributed by atoms with Gasteiger partial charge in [-0.15, -0.1) is 11.3 Å². The molecule has 0 bridgehead atoms. The number of halogens is 3. The molecule has 2 aromatic rings. The molecule has 0 atom stereocenters. The molecule has 0 saturated heterocycles. The number of aromatic nitrogens is 1. The van der Waals surface area contributed by atoms with E-state index in [9.17, 15) is 8.78 Å². The van der Waals surface area contributed by atoms with Crippen molar-refractivity contribution in [2.45, 2.75) is 13.1 Å². The van der Waals surface area contributed by atoms with Gasteiger partial charge in [-0.25, -0.2) is 13.8 Å². The first-order valence-corrected chi connectivity index (χ1v) is 6.09. The second kappa shape index (κ2) is 5.53. The average Bonchev–Trinajstić information content (AvgIpc) is 2.70. The van der Waals surface area contributed by atoms with Gasteiger partial charge in [-0.1, -0.05) is 17.7 Å². The van der Waals surface area contributed by atoms with Gasteiger partial charge in [0, 0.05) is 13.1 Å². The van der Waals surface area contributed by atoms with Crippen LogP contribution in [0.4, 0.5) is 8.78 Å². The standard InChI is InChI=1S/C11H9ClF2N2S/c12-10-5-16-11(17-10)6-15-4-7-1-2-8(13)9(14)3-7/h1-3,5,15H,4,6H2. The Labute approximate surface area is 106 Å². The molecule has 0 unspecified atom stereocenters. The highest BCUT2D eigenvalue weighted by atomic mass is 35.5. The molecule has 0 radical (unpaired) electrons. The molecule has 0 aliphatic carbocycles. The first kappa shape index (κ1) is 12.4. The lowest BCUT2D eigenvalue weighted by atomic mass is 10.2. The number of hydrogen-bond acceptors (Lipinski definition) is 3. The number of thiazole rings is 1. The van der Waals surface area contributed by atoms with Gasteiger partial charge in [0.15, 0.2) is 11.6 Å². The zero-order chi connectivity index (χ0) is 12.3. The van der Waals surface area contributed by atoms with Crippen LogP contribution in [0.1, 0.15) is 10.6 Å². The summed E-state index contributed by atoms with van der Waals surface area (Å²) in [6.45, 7) is 1.00. The number of hydrogen-bond donors (Lipinski definition) is 1. The Balaban J connectivity index is 1.87. The van der Waals surface area contributed by atoms with Crippen LogP contribution >= 0.6 is 22.9 Å². The molecule has 17 heavy (non-hydrogen) atoms. The summed E-state index contributed by atoms with van der Waals surface area (Å²) in [4.78, 5) is 4.07. The van der Waals surface area contributed by atoms with E-state index in [1.165, 1.54) is 17.4 Å². The Morgan fingerprint density at radius 2 is 2.06 bits per heavy atom. The number of nitrogens with one attached hydrogen (secondary N) is 1. The van der Waals surface area contributed by atoms with Crippen LogP contribution in [0.25, 0.3) is 0 Å². The van der Waals surface area contributed by atoms with Gasteiger partial charge < -0.3 is 5.32 Å². The van der Waals surface area contributed by atoms with E-state index >= 15 is 0 Å². The van der Waals surface area contributed by atoms with Crippen molar-refractivity contribution in [2.75, 3.05) is 0 Å². The van der Waals surface area contributed by atoms with E-state index < -0.39 is 11.6 Å². The van der Waals surface area contributed by atoms with E-state index in [2.05, 4.69) is 10.3 Å². The first-order chi connectivity index (χ1) is 8.15. The molecule has 0 spiro atoms. The fraction of sp³-hybridized carbons (Fsp3) is 0.182. The number of rotatable bonds is 4. The van der Waals surface area contributed by atoms with Crippen molar-refractivity contribution >= 4 is 22.9 Å². The van der Waals surface area contributed by atoms with Crippen LogP contribution in [0.5, 0.6) is 0 Å². The van der Waals surface area contributed by atoms with Gasteiger partial charge in [-0.3, -0.25) is 0 Å². The third kappa shape index (κ3) is 3.46. The van der Waals surface area contributed by atoms with Crippen LogP contribution in [-0.4, -0.2) is 4.98 Å². The summed E-state index contributed by atoms with van der Waals surface area (Å²) in [6, 6.07) is 3.84. The van der Waals surface area contributed by atoms with Crippen molar-refractivity contribution < 1.29 is 8.78 Å². The second-order valence-electron chi connectivity index (χ2n) is 3.41. The Bertz CT molecular complexity index is 516. The molecule has 0 aliphatic heterocycles. The molecule has 1 aromatic carbocycles. The highest BCUT2D eigenvalue weighted by Crippen LogP contribution is 2.18. The highest BCUT2D eigenvalue weighted by molar-refractivity contribution is 7.15. The molecule has 1 heterocycles. The van der Waals surface area contributed by atoms with Crippen LogP contribution in [0, 0.1) is 11.6 Å². The predicted octanol–water partition coefficient (Wildman–Crippen LogP) is 3.36. The van der Waals surface area contributed by atoms with Crippen molar-refractivity contribution in [2.24, 2.45) is 0 Å². The maximum absolute atomic E-state index is 12.9. The second-order valence-corrected chi connectivity index (χ2v) is 5.16. The molecule has 0 aliphatic rings. The third-order valence-corrected chi connectivity index (χ3v) is 3.23. The van der Waals surface area contributed by atoms with Gasteiger partial charge in [-0.05, 0) is 17.7 Å². The fourth-order valence-electron chi connectivity index (χ4n) is 1.33. The lowest BCUT2D eigenvalue weighted by Gasteiger charge is -2.03. The van der Waals surface area contributed by atoms with Gasteiger partial charge >= 0.3 is 0 Å². The van der Waals surface area contributed by atoms with Crippen LogP contribution in [0.2, 0.25) is 4.34 Å². The minimum absolute atomic E-state index is 0.453. The van der Waals surface area contributed by atoms with Gasteiger partial charge in [0.25, 0.3) is 0 Å². The summed E-state index contributed by atoms with van der Waals surface area (Å²) in [6.07, 6.45) is 1.58. The topological polar surface area (TPSA) is 24.9 Å². The van der Waals surface area contributed by atoms with Crippen molar-refractivity contribution in [1.29, 1.82) is 0 Å². The average molecular weight is 275 g/mol. The number of benzene rings is 1. The van der Waals surface area contributed by atoms with E-state index in [0.29, 0.717) is 23.0 Å². The normalized spacial score (nSPS) is 10.8. The molecule has 1 aromatic heterocycles. The highest BCUT2D eigenvalue weighted by Gasteiger charge is 2.03. The zero-order valence-corrected chi connectivity index (χ0v) is 10.3. The monoisotopic (exact) mass is 274 g/mol.